The highest BCUT2D eigenvalue weighted by atomic mass is 16.5. The van der Waals surface area contributed by atoms with Crippen LogP contribution in [0.1, 0.15) is 50.3 Å². The Bertz CT molecular complexity index is 850. The average molecular weight is 384 g/mol. The second kappa shape index (κ2) is 8.27. The van der Waals surface area contributed by atoms with Crippen molar-refractivity contribution in [3.63, 3.8) is 0 Å². The van der Waals surface area contributed by atoms with Crippen molar-refractivity contribution in [3.05, 3.63) is 52.9 Å². The molecule has 0 spiro atoms. The number of anilines is 1. The van der Waals surface area contributed by atoms with E-state index in [-0.39, 0.29) is 0 Å². The lowest BCUT2D eigenvalue weighted by Gasteiger charge is -2.42. The van der Waals surface area contributed by atoms with Gasteiger partial charge in [-0.3, -0.25) is 5.73 Å². The number of nitrogens with one attached hydrogen (secondary N) is 1. The minimum absolute atomic E-state index is 0.698. The SMILES string of the molecule is CCCN(CCC)C1=C(OC)C(N)(c2ccc(C)cc2CC)Nc2ccnn21. The molecule has 0 fully saturated rings. The van der Waals surface area contributed by atoms with Gasteiger partial charge in [-0.1, -0.05) is 44.5 Å². The third-order valence-corrected chi connectivity index (χ3v) is 5.29. The van der Waals surface area contributed by atoms with E-state index in [1.165, 1.54) is 11.1 Å². The molecule has 6 heteroatoms. The second-order valence-electron chi connectivity index (χ2n) is 7.42. The van der Waals surface area contributed by atoms with Gasteiger partial charge < -0.3 is 15.0 Å². The number of hydrogen-bond donors (Lipinski definition) is 2. The number of benzene rings is 1. The number of aromatic nitrogens is 2. The smallest absolute Gasteiger partial charge is 0.183 e. The fourth-order valence-electron chi connectivity index (χ4n) is 4.08. The summed E-state index contributed by atoms with van der Waals surface area (Å²) < 4.78 is 7.90. The molecular formula is C22H33N5O. The number of nitrogens with zero attached hydrogens (tertiary/aromatic N) is 3. The van der Waals surface area contributed by atoms with E-state index >= 15 is 0 Å². The van der Waals surface area contributed by atoms with Crippen LogP contribution in [0.4, 0.5) is 5.82 Å². The molecule has 28 heavy (non-hydrogen) atoms. The third-order valence-electron chi connectivity index (χ3n) is 5.29. The summed E-state index contributed by atoms with van der Waals surface area (Å²) >= 11 is 0. The maximum Gasteiger partial charge on any atom is 0.183 e. The molecule has 3 rings (SSSR count). The van der Waals surface area contributed by atoms with Gasteiger partial charge in [0.2, 0.25) is 0 Å². The first-order chi connectivity index (χ1) is 13.5. The van der Waals surface area contributed by atoms with Crippen molar-refractivity contribution in [1.82, 2.24) is 14.7 Å². The van der Waals surface area contributed by atoms with E-state index in [1.807, 2.05) is 10.7 Å². The molecule has 2 heterocycles. The zero-order valence-electron chi connectivity index (χ0n) is 17.7. The molecule has 1 unspecified atom stereocenters. The van der Waals surface area contributed by atoms with Gasteiger partial charge in [0.15, 0.2) is 17.2 Å². The van der Waals surface area contributed by atoms with Crippen LogP contribution in [0, 0.1) is 6.92 Å². The summed E-state index contributed by atoms with van der Waals surface area (Å²) in [5.41, 5.74) is 9.62. The lowest BCUT2D eigenvalue weighted by atomic mass is 9.89. The van der Waals surface area contributed by atoms with Crippen molar-refractivity contribution in [1.29, 1.82) is 0 Å². The average Bonchev–Trinajstić information content (AvgIpc) is 3.13. The number of aryl methyl sites for hydroxylation is 2. The van der Waals surface area contributed by atoms with E-state index in [0.717, 1.165) is 49.6 Å². The molecule has 2 aromatic rings. The van der Waals surface area contributed by atoms with Gasteiger partial charge in [-0.15, -0.1) is 0 Å². The van der Waals surface area contributed by atoms with E-state index in [1.54, 1.807) is 13.3 Å². The summed E-state index contributed by atoms with van der Waals surface area (Å²) in [6.45, 7) is 10.5. The Kier molecular flexibility index (Phi) is 5.98. The molecule has 0 saturated heterocycles. The van der Waals surface area contributed by atoms with Crippen molar-refractivity contribution in [3.8, 4) is 0 Å². The first-order valence-corrected chi connectivity index (χ1v) is 10.2. The van der Waals surface area contributed by atoms with Crippen LogP contribution in [0.2, 0.25) is 0 Å². The van der Waals surface area contributed by atoms with Crippen LogP contribution in [0.3, 0.4) is 0 Å². The Labute approximate surface area is 168 Å². The lowest BCUT2D eigenvalue weighted by molar-refractivity contribution is 0.212. The molecule has 1 aliphatic heterocycles. The minimum Gasteiger partial charge on any atom is -0.493 e. The molecule has 0 amide bonds. The van der Waals surface area contributed by atoms with Crippen molar-refractivity contribution >= 4 is 11.6 Å². The fourth-order valence-corrected chi connectivity index (χ4v) is 4.08. The van der Waals surface area contributed by atoms with Crippen LogP contribution in [0.15, 0.2) is 36.2 Å². The normalized spacial score (nSPS) is 18.6. The van der Waals surface area contributed by atoms with Crippen molar-refractivity contribution in [2.24, 2.45) is 5.73 Å². The quantitative estimate of drug-likeness (QED) is 0.724. The number of methoxy groups -OCH3 is 1. The molecule has 0 radical (unpaired) electrons. The monoisotopic (exact) mass is 383 g/mol. The fraction of sp³-hybridized carbons (Fsp3) is 0.500. The van der Waals surface area contributed by atoms with Gasteiger partial charge in [0.25, 0.3) is 0 Å². The van der Waals surface area contributed by atoms with E-state index in [4.69, 9.17) is 10.5 Å². The van der Waals surface area contributed by atoms with Gasteiger partial charge >= 0.3 is 0 Å². The van der Waals surface area contributed by atoms with E-state index in [2.05, 4.69) is 61.2 Å². The highest BCUT2D eigenvalue weighted by molar-refractivity contribution is 5.65. The summed E-state index contributed by atoms with van der Waals surface area (Å²) in [6, 6.07) is 8.40. The molecule has 0 saturated carbocycles. The molecule has 1 aromatic carbocycles. The number of ether oxygens (including phenoxy) is 1. The largest absolute Gasteiger partial charge is 0.493 e. The number of nitrogens with two attached hydrogens (primary N) is 1. The minimum atomic E-state index is -0.959. The van der Waals surface area contributed by atoms with Crippen molar-refractivity contribution in [2.75, 3.05) is 25.5 Å². The molecule has 3 N–H and O–H groups in total. The van der Waals surface area contributed by atoms with Crippen LogP contribution in [0.25, 0.3) is 5.82 Å². The Morgan fingerprint density at radius 3 is 2.50 bits per heavy atom. The molecule has 1 aliphatic rings. The summed E-state index contributed by atoms with van der Waals surface area (Å²) in [5, 5.41) is 8.06. The standard InChI is InChI=1S/C22H33N5O/c1-6-13-26(14-7-2)21-20(28-5)22(23,25-19-11-12-24-27(19)21)18-10-9-16(4)15-17(18)8-3/h9-12,15,25H,6-8,13-14,23H2,1-5H3. The Balaban J connectivity index is 2.26. The molecule has 0 aliphatic carbocycles. The van der Waals surface area contributed by atoms with E-state index in [9.17, 15) is 0 Å². The summed E-state index contributed by atoms with van der Waals surface area (Å²) in [7, 11) is 1.70. The molecule has 0 bridgehead atoms. The predicted molar refractivity (Wildman–Crippen MR) is 115 cm³/mol. The zero-order valence-corrected chi connectivity index (χ0v) is 17.7. The molecule has 1 atom stereocenters. The Morgan fingerprint density at radius 1 is 1.18 bits per heavy atom. The van der Waals surface area contributed by atoms with Crippen molar-refractivity contribution in [2.45, 2.75) is 52.6 Å². The molecule has 152 valence electrons. The Morgan fingerprint density at radius 2 is 1.89 bits per heavy atom. The second-order valence-corrected chi connectivity index (χ2v) is 7.42. The lowest BCUT2D eigenvalue weighted by Crippen LogP contribution is -2.52. The van der Waals surface area contributed by atoms with Gasteiger partial charge in [0.05, 0.1) is 13.3 Å². The maximum absolute atomic E-state index is 7.09. The third kappa shape index (κ3) is 3.37. The molecular weight excluding hydrogens is 350 g/mol. The predicted octanol–water partition coefficient (Wildman–Crippen LogP) is 3.89. The van der Waals surface area contributed by atoms with Crippen LogP contribution in [-0.2, 0) is 16.8 Å². The van der Waals surface area contributed by atoms with E-state index < -0.39 is 5.66 Å². The van der Waals surface area contributed by atoms with E-state index in [0.29, 0.717) is 5.76 Å². The number of rotatable bonds is 8. The maximum atomic E-state index is 7.09. The van der Waals surface area contributed by atoms with Gasteiger partial charge in [-0.05, 0) is 31.7 Å². The number of fused-ring (bicyclic) bond motifs is 1. The molecule has 6 nitrogen and oxygen atoms in total. The van der Waals surface area contributed by atoms with Gasteiger partial charge in [-0.25, -0.2) is 0 Å². The van der Waals surface area contributed by atoms with Gasteiger partial charge in [-0.2, -0.15) is 9.78 Å². The van der Waals surface area contributed by atoms with Crippen LogP contribution in [-0.4, -0.2) is 34.9 Å². The highest BCUT2D eigenvalue weighted by Gasteiger charge is 2.43. The summed E-state index contributed by atoms with van der Waals surface area (Å²) in [4.78, 5) is 2.33. The van der Waals surface area contributed by atoms with Crippen molar-refractivity contribution < 1.29 is 4.74 Å². The van der Waals surface area contributed by atoms with Crippen LogP contribution in [0.5, 0.6) is 0 Å². The van der Waals surface area contributed by atoms with Crippen LogP contribution < -0.4 is 11.1 Å². The summed E-state index contributed by atoms with van der Waals surface area (Å²) in [6.07, 6.45) is 4.77. The highest BCUT2D eigenvalue weighted by Crippen LogP contribution is 2.40. The molecule has 1 aromatic heterocycles. The first kappa shape index (κ1) is 20.3. The van der Waals surface area contributed by atoms with Gasteiger partial charge in [0, 0.05) is 24.7 Å². The summed E-state index contributed by atoms with van der Waals surface area (Å²) in [5.74, 6) is 2.50. The number of hydrogen-bond acceptors (Lipinski definition) is 5. The Hall–Kier alpha value is -2.47. The topological polar surface area (TPSA) is 68.3 Å². The van der Waals surface area contributed by atoms with Crippen LogP contribution >= 0.6 is 0 Å². The van der Waals surface area contributed by atoms with Gasteiger partial charge in [0.1, 0.15) is 5.82 Å². The zero-order chi connectivity index (χ0) is 20.3. The first-order valence-electron chi connectivity index (χ1n) is 10.2.